The van der Waals surface area contributed by atoms with Gasteiger partial charge in [0.1, 0.15) is 5.82 Å². The fraction of sp³-hybridized carbons (Fsp3) is 0.320. The van der Waals surface area contributed by atoms with E-state index in [1.165, 1.54) is 18.0 Å². The smallest absolute Gasteiger partial charge is 0.235 e. The molecule has 35 heavy (non-hydrogen) atoms. The van der Waals surface area contributed by atoms with Gasteiger partial charge in [-0.05, 0) is 43.5 Å². The molecule has 1 aliphatic heterocycles. The van der Waals surface area contributed by atoms with Gasteiger partial charge in [-0.25, -0.2) is 9.97 Å². The van der Waals surface area contributed by atoms with Crippen LogP contribution in [0.5, 0.6) is 0 Å². The van der Waals surface area contributed by atoms with Crippen molar-refractivity contribution in [3.63, 3.8) is 0 Å². The van der Waals surface area contributed by atoms with Gasteiger partial charge in [-0.2, -0.15) is 0 Å². The third-order valence-electron chi connectivity index (χ3n) is 6.41. The van der Waals surface area contributed by atoms with Crippen molar-refractivity contribution < 1.29 is 14.7 Å². The molecule has 3 heterocycles. The second kappa shape index (κ2) is 10.1. The number of amides is 2. The lowest BCUT2D eigenvalue weighted by molar-refractivity contribution is -0.122. The van der Waals surface area contributed by atoms with Crippen LogP contribution in [0, 0.1) is 11.3 Å². The summed E-state index contributed by atoms with van der Waals surface area (Å²) < 4.78 is 0. The van der Waals surface area contributed by atoms with Crippen LogP contribution in [0.2, 0.25) is 0 Å². The lowest BCUT2D eigenvalue weighted by atomic mass is 9.83. The van der Waals surface area contributed by atoms with Crippen LogP contribution in [-0.4, -0.2) is 51.0 Å². The average molecular weight is 491 g/mol. The normalized spacial score (nSPS) is 21.7. The largest absolute Gasteiger partial charge is 0.391 e. The third kappa shape index (κ3) is 5.19. The van der Waals surface area contributed by atoms with Crippen LogP contribution < -0.4 is 16.0 Å². The van der Waals surface area contributed by atoms with E-state index in [1.807, 2.05) is 30.3 Å². The Hall–Kier alpha value is -3.34. The summed E-state index contributed by atoms with van der Waals surface area (Å²) in [6.07, 6.45) is 2.18. The molecule has 0 bridgehead atoms. The number of para-hydroxylation sites is 1. The fourth-order valence-corrected chi connectivity index (χ4v) is 5.30. The highest BCUT2D eigenvalue weighted by Crippen LogP contribution is 2.31. The van der Waals surface area contributed by atoms with Crippen molar-refractivity contribution in [3.05, 3.63) is 53.9 Å². The molecule has 5 rings (SSSR count). The van der Waals surface area contributed by atoms with Crippen molar-refractivity contribution in [1.29, 1.82) is 5.41 Å². The van der Waals surface area contributed by atoms with Crippen LogP contribution in [0.4, 0.5) is 11.5 Å². The number of aliphatic hydroxyl groups excluding tert-OH is 1. The monoisotopic (exact) mass is 490 g/mol. The number of aliphatic hydroxyl groups is 1. The van der Waals surface area contributed by atoms with Crippen LogP contribution in [0.25, 0.3) is 10.9 Å². The average Bonchev–Trinajstić information content (AvgIpc) is 2.87. The zero-order chi connectivity index (χ0) is 24.4. The Morgan fingerprint density at radius 2 is 2.09 bits per heavy atom. The Morgan fingerprint density at radius 3 is 2.91 bits per heavy atom. The summed E-state index contributed by atoms with van der Waals surface area (Å²) in [5, 5.41) is 28.2. The first kappa shape index (κ1) is 23.4. The number of benzene rings is 1. The van der Waals surface area contributed by atoms with Gasteiger partial charge in [-0.3, -0.25) is 9.59 Å². The molecule has 5 N–H and O–H groups in total. The quantitative estimate of drug-likeness (QED) is 0.335. The molecule has 1 fully saturated rings. The van der Waals surface area contributed by atoms with Crippen LogP contribution in [0.3, 0.4) is 0 Å². The molecule has 10 heteroatoms. The van der Waals surface area contributed by atoms with E-state index in [2.05, 4.69) is 25.9 Å². The van der Waals surface area contributed by atoms with Gasteiger partial charge < -0.3 is 26.5 Å². The Balaban J connectivity index is 1.18. The van der Waals surface area contributed by atoms with E-state index >= 15 is 0 Å². The highest BCUT2D eigenvalue weighted by Gasteiger charge is 2.33. The number of carbonyl (C=O) groups is 2. The van der Waals surface area contributed by atoms with Gasteiger partial charge in [0.05, 0.1) is 39.3 Å². The van der Waals surface area contributed by atoms with Gasteiger partial charge in [0.15, 0.2) is 0 Å². The number of fused-ring (bicyclic) bond motifs is 2. The summed E-state index contributed by atoms with van der Waals surface area (Å²) >= 11 is 1.47. The number of rotatable bonds is 6. The number of nitrogens with one attached hydrogen (secondary N) is 4. The van der Waals surface area contributed by atoms with E-state index in [4.69, 9.17) is 5.41 Å². The molecule has 0 unspecified atom stereocenters. The maximum absolute atomic E-state index is 13.0. The van der Waals surface area contributed by atoms with Gasteiger partial charge in [-0.15, -0.1) is 11.8 Å². The Kier molecular flexibility index (Phi) is 6.76. The lowest BCUT2D eigenvalue weighted by Crippen LogP contribution is -2.46. The molecule has 1 aromatic carbocycles. The van der Waals surface area contributed by atoms with Crippen LogP contribution >= 0.6 is 11.8 Å². The number of pyridine rings is 2. The summed E-state index contributed by atoms with van der Waals surface area (Å²) in [7, 11) is 0. The van der Waals surface area contributed by atoms with Gasteiger partial charge in [0.2, 0.25) is 11.8 Å². The molecular weight excluding hydrogens is 464 g/mol. The first-order chi connectivity index (χ1) is 17.0. The second-order valence-corrected chi connectivity index (χ2v) is 9.82. The molecule has 2 aliphatic rings. The van der Waals surface area contributed by atoms with Gasteiger partial charge in [0.25, 0.3) is 0 Å². The minimum absolute atomic E-state index is 0.0541. The molecule has 0 radical (unpaired) electrons. The molecule has 3 atom stereocenters. The Morgan fingerprint density at radius 1 is 1.20 bits per heavy atom. The maximum atomic E-state index is 13.0. The van der Waals surface area contributed by atoms with Gasteiger partial charge in [0, 0.05) is 30.1 Å². The Bertz CT molecular complexity index is 1300. The van der Waals surface area contributed by atoms with E-state index in [0.29, 0.717) is 54.3 Å². The van der Waals surface area contributed by atoms with Gasteiger partial charge in [-0.1, -0.05) is 18.2 Å². The SMILES string of the molecule is N=Cc1ccc2cccc(NC(=O)[C@@H]3CC[C@@H](NCc4ccc5c(n4)NC(=O)CS5)[C@H](O)C3)c2n1. The molecule has 1 saturated carbocycles. The summed E-state index contributed by atoms with van der Waals surface area (Å²) in [5.41, 5.74) is 2.56. The molecule has 0 saturated heterocycles. The Labute approximate surface area is 206 Å². The molecule has 2 amide bonds. The number of nitrogens with zero attached hydrogens (tertiary/aromatic N) is 2. The van der Waals surface area contributed by atoms with Crippen LogP contribution in [-0.2, 0) is 16.1 Å². The van der Waals surface area contributed by atoms with Crippen molar-refractivity contribution >= 4 is 52.2 Å². The molecular formula is C25H26N6O3S. The highest BCUT2D eigenvalue weighted by atomic mass is 32.2. The molecule has 0 spiro atoms. The topological polar surface area (TPSA) is 140 Å². The van der Waals surface area contributed by atoms with Crippen LogP contribution in [0.15, 0.2) is 47.4 Å². The number of hydrogen-bond donors (Lipinski definition) is 5. The van der Waals surface area contributed by atoms with E-state index in [0.717, 1.165) is 16.0 Å². The van der Waals surface area contributed by atoms with Crippen molar-refractivity contribution in [2.24, 2.45) is 5.92 Å². The fourth-order valence-electron chi connectivity index (χ4n) is 4.54. The first-order valence-electron chi connectivity index (χ1n) is 11.6. The maximum Gasteiger partial charge on any atom is 0.235 e. The lowest BCUT2D eigenvalue weighted by Gasteiger charge is -2.33. The standard InChI is InChI=1S/C25H26N6O3S/c26-11-16-6-4-14-2-1-3-19(23(14)28-16)30-25(34)15-5-8-18(20(32)10-15)27-12-17-7-9-21-24(29-17)31-22(33)13-35-21/h1-4,6-7,9,11,15,18,20,26-27,32H,5,8,10,12-13H2,(H,30,34)(H,29,31,33)/t15-,18-,20-/m1/s1. The third-order valence-corrected chi connectivity index (χ3v) is 7.46. The van der Waals surface area contributed by atoms with E-state index in [9.17, 15) is 14.7 Å². The van der Waals surface area contributed by atoms with E-state index in [1.54, 1.807) is 12.1 Å². The summed E-state index contributed by atoms with van der Waals surface area (Å²) in [6, 6.07) is 12.9. The predicted molar refractivity (Wildman–Crippen MR) is 136 cm³/mol. The van der Waals surface area contributed by atoms with Crippen molar-refractivity contribution in [1.82, 2.24) is 15.3 Å². The number of thioether (sulfide) groups is 1. The molecule has 3 aromatic rings. The van der Waals surface area contributed by atoms with Crippen molar-refractivity contribution in [2.45, 2.75) is 42.8 Å². The molecule has 180 valence electrons. The summed E-state index contributed by atoms with van der Waals surface area (Å²) in [5.74, 6) is 0.487. The van der Waals surface area contributed by atoms with E-state index < -0.39 is 6.10 Å². The zero-order valence-corrected chi connectivity index (χ0v) is 19.8. The minimum atomic E-state index is -0.664. The number of anilines is 2. The number of carbonyl (C=O) groups excluding carboxylic acids is 2. The number of aromatic nitrogens is 2. The van der Waals surface area contributed by atoms with E-state index in [-0.39, 0.29) is 23.8 Å². The predicted octanol–water partition coefficient (Wildman–Crippen LogP) is 2.93. The number of hydrogen-bond acceptors (Lipinski definition) is 8. The van der Waals surface area contributed by atoms with Crippen LogP contribution in [0.1, 0.15) is 30.7 Å². The highest BCUT2D eigenvalue weighted by molar-refractivity contribution is 8.00. The minimum Gasteiger partial charge on any atom is -0.391 e. The van der Waals surface area contributed by atoms with Gasteiger partial charge >= 0.3 is 0 Å². The first-order valence-corrected chi connectivity index (χ1v) is 12.5. The summed E-state index contributed by atoms with van der Waals surface area (Å²) in [6.45, 7) is 0.462. The van der Waals surface area contributed by atoms with Crippen molar-refractivity contribution in [2.75, 3.05) is 16.4 Å². The van der Waals surface area contributed by atoms with Crippen molar-refractivity contribution in [3.8, 4) is 0 Å². The zero-order valence-electron chi connectivity index (χ0n) is 19.0. The second-order valence-electron chi connectivity index (χ2n) is 8.80. The molecule has 1 aliphatic carbocycles. The molecule has 2 aromatic heterocycles. The summed E-state index contributed by atoms with van der Waals surface area (Å²) in [4.78, 5) is 34.5. The molecule has 9 nitrogen and oxygen atoms in total.